The van der Waals surface area contributed by atoms with Gasteiger partial charge in [0.05, 0.1) is 6.54 Å². The quantitative estimate of drug-likeness (QED) is 0.717. The molecule has 0 aliphatic rings. The summed E-state index contributed by atoms with van der Waals surface area (Å²) in [7, 11) is 1.79. The van der Waals surface area contributed by atoms with Gasteiger partial charge in [-0.05, 0) is 39.5 Å². The van der Waals surface area contributed by atoms with E-state index in [0.717, 1.165) is 0 Å². The van der Waals surface area contributed by atoms with Gasteiger partial charge in [0.2, 0.25) is 5.91 Å². The highest BCUT2D eigenvalue weighted by atomic mass is 16.6. The summed E-state index contributed by atoms with van der Waals surface area (Å²) in [5.74, 6) is 0.707. The van der Waals surface area contributed by atoms with E-state index in [1.807, 2.05) is 27.7 Å². The maximum Gasteiger partial charge on any atom is 0.407 e. The van der Waals surface area contributed by atoms with Crippen molar-refractivity contribution in [2.75, 3.05) is 33.2 Å². The molecule has 2 amide bonds. The highest BCUT2D eigenvalue weighted by molar-refractivity contribution is 5.77. The molecule has 22 heavy (non-hydrogen) atoms. The van der Waals surface area contributed by atoms with Crippen LogP contribution >= 0.6 is 0 Å². The Kier molecular flexibility index (Phi) is 9.09. The topological polar surface area (TPSA) is 70.7 Å². The minimum absolute atomic E-state index is 0.0742. The average molecular weight is 315 g/mol. The van der Waals surface area contributed by atoms with Crippen LogP contribution in [0.4, 0.5) is 4.79 Å². The number of nitrogens with one attached hydrogen (secondary N) is 2. The van der Waals surface area contributed by atoms with Crippen LogP contribution in [0.2, 0.25) is 0 Å². The largest absolute Gasteiger partial charge is 0.444 e. The number of carbonyl (C=O) groups is 2. The molecule has 0 aromatic heterocycles. The molecule has 0 aromatic carbocycles. The van der Waals surface area contributed by atoms with E-state index in [9.17, 15) is 9.59 Å². The molecule has 1 atom stereocenters. The van der Waals surface area contributed by atoms with Gasteiger partial charge in [-0.3, -0.25) is 4.79 Å². The van der Waals surface area contributed by atoms with Crippen LogP contribution < -0.4 is 10.6 Å². The predicted octanol–water partition coefficient (Wildman–Crippen LogP) is 1.85. The fraction of sp³-hybridized carbons (Fsp3) is 0.875. The van der Waals surface area contributed by atoms with E-state index in [2.05, 4.69) is 24.5 Å². The molecule has 0 aliphatic carbocycles. The van der Waals surface area contributed by atoms with Crippen LogP contribution in [-0.2, 0) is 9.53 Å². The molecule has 0 rings (SSSR count). The molecular weight excluding hydrogens is 282 g/mol. The van der Waals surface area contributed by atoms with Gasteiger partial charge in [0.25, 0.3) is 0 Å². The van der Waals surface area contributed by atoms with E-state index in [1.54, 1.807) is 11.9 Å². The van der Waals surface area contributed by atoms with Crippen LogP contribution in [0.25, 0.3) is 0 Å². The lowest BCUT2D eigenvalue weighted by Gasteiger charge is -2.24. The van der Waals surface area contributed by atoms with Crippen LogP contribution in [0.1, 0.15) is 41.5 Å². The summed E-state index contributed by atoms with van der Waals surface area (Å²) in [6.07, 6.45) is -0.403. The van der Waals surface area contributed by atoms with Crippen LogP contribution in [0, 0.1) is 11.8 Å². The second-order valence-electron chi connectivity index (χ2n) is 6.93. The zero-order valence-electron chi connectivity index (χ0n) is 15.2. The number of carbonyl (C=O) groups excluding carboxylic acids is 2. The van der Waals surface area contributed by atoms with Crippen molar-refractivity contribution in [3.63, 3.8) is 0 Å². The molecule has 0 fully saturated rings. The Morgan fingerprint density at radius 3 is 2.23 bits per heavy atom. The third-order valence-corrected chi connectivity index (χ3v) is 3.43. The second-order valence-corrected chi connectivity index (χ2v) is 6.93. The highest BCUT2D eigenvalue weighted by Gasteiger charge is 2.19. The zero-order valence-corrected chi connectivity index (χ0v) is 15.2. The third-order valence-electron chi connectivity index (χ3n) is 3.43. The molecule has 6 nitrogen and oxygen atoms in total. The molecule has 0 aromatic rings. The van der Waals surface area contributed by atoms with Crippen LogP contribution in [0.5, 0.6) is 0 Å². The molecule has 0 saturated carbocycles. The van der Waals surface area contributed by atoms with Crippen molar-refractivity contribution in [3.8, 4) is 0 Å². The SMILES string of the molecule is CCN(C)C(=O)CNCC(CNC(=O)OC(C)(C)C)C(C)C. The number of ether oxygens (including phenoxy) is 1. The number of hydrogen-bond donors (Lipinski definition) is 2. The van der Waals surface area contributed by atoms with Gasteiger partial charge >= 0.3 is 6.09 Å². The number of likely N-dealkylation sites (N-methyl/N-ethyl adjacent to an activating group) is 1. The van der Waals surface area contributed by atoms with Gasteiger partial charge in [-0.1, -0.05) is 13.8 Å². The molecule has 130 valence electrons. The summed E-state index contributed by atoms with van der Waals surface area (Å²) >= 11 is 0. The molecule has 0 heterocycles. The van der Waals surface area contributed by atoms with Crippen LogP contribution in [-0.4, -0.2) is 55.7 Å². The van der Waals surface area contributed by atoms with E-state index in [1.165, 1.54) is 0 Å². The lowest BCUT2D eigenvalue weighted by atomic mass is 9.96. The third kappa shape index (κ3) is 9.60. The number of hydrogen-bond acceptors (Lipinski definition) is 4. The summed E-state index contributed by atoms with van der Waals surface area (Å²) in [5.41, 5.74) is -0.493. The summed E-state index contributed by atoms with van der Waals surface area (Å²) in [4.78, 5) is 25.1. The van der Waals surface area contributed by atoms with Crippen molar-refractivity contribution in [3.05, 3.63) is 0 Å². The Balaban J connectivity index is 4.17. The van der Waals surface area contributed by atoms with Crippen LogP contribution in [0.15, 0.2) is 0 Å². The first-order valence-corrected chi connectivity index (χ1v) is 7.98. The zero-order chi connectivity index (χ0) is 17.3. The monoisotopic (exact) mass is 315 g/mol. The van der Waals surface area contributed by atoms with Crippen molar-refractivity contribution < 1.29 is 14.3 Å². The standard InChI is InChI=1S/C16H33N3O3/c1-8-19(7)14(20)11-17-9-13(12(2)3)10-18-15(21)22-16(4,5)6/h12-13,17H,8-11H2,1-7H3,(H,18,21). The molecule has 0 bridgehead atoms. The van der Waals surface area contributed by atoms with E-state index in [0.29, 0.717) is 32.1 Å². The first-order chi connectivity index (χ1) is 10.1. The lowest BCUT2D eigenvalue weighted by Crippen LogP contribution is -2.42. The van der Waals surface area contributed by atoms with E-state index < -0.39 is 11.7 Å². The molecule has 1 unspecified atom stereocenters. The Morgan fingerprint density at radius 1 is 1.18 bits per heavy atom. The van der Waals surface area contributed by atoms with Gasteiger partial charge in [0.1, 0.15) is 5.60 Å². The van der Waals surface area contributed by atoms with Gasteiger partial charge in [-0.25, -0.2) is 4.79 Å². The van der Waals surface area contributed by atoms with Gasteiger partial charge < -0.3 is 20.3 Å². The van der Waals surface area contributed by atoms with E-state index >= 15 is 0 Å². The Labute approximate surface area is 135 Å². The normalized spacial score (nSPS) is 12.9. The Morgan fingerprint density at radius 2 is 1.77 bits per heavy atom. The Hall–Kier alpha value is -1.30. The second kappa shape index (κ2) is 9.66. The van der Waals surface area contributed by atoms with Crippen molar-refractivity contribution in [2.45, 2.75) is 47.1 Å². The summed E-state index contributed by atoms with van der Waals surface area (Å²) in [6.45, 7) is 13.9. The molecule has 2 N–H and O–H groups in total. The van der Waals surface area contributed by atoms with Crippen molar-refractivity contribution >= 4 is 12.0 Å². The average Bonchev–Trinajstić information content (AvgIpc) is 2.38. The highest BCUT2D eigenvalue weighted by Crippen LogP contribution is 2.10. The molecule has 6 heteroatoms. The summed E-state index contributed by atoms with van der Waals surface area (Å²) in [6, 6.07) is 0. The number of amides is 2. The van der Waals surface area contributed by atoms with Crippen LogP contribution in [0.3, 0.4) is 0 Å². The van der Waals surface area contributed by atoms with Crippen molar-refractivity contribution in [1.29, 1.82) is 0 Å². The van der Waals surface area contributed by atoms with Gasteiger partial charge in [0, 0.05) is 26.7 Å². The van der Waals surface area contributed by atoms with Gasteiger partial charge in [0.15, 0.2) is 0 Å². The Bertz CT molecular complexity index is 351. The molecular formula is C16H33N3O3. The number of nitrogens with zero attached hydrogens (tertiary/aromatic N) is 1. The van der Waals surface area contributed by atoms with Crippen molar-refractivity contribution in [1.82, 2.24) is 15.5 Å². The molecule has 0 spiro atoms. The first kappa shape index (κ1) is 20.7. The fourth-order valence-corrected chi connectivity index (χ4v) is 1.75. The van der Waals surface area contributed by atoms with Crippen molar-refractivity contribution in [2.24, 2.45) is 11.8 Å². The lowest BCUT2D eigenvalue weighted by molar-refractivity contribution is -0.128. The van der Waals surface area contributed by atoms with Gasteiger partial charge in [-0.15, -0.1) is 0 Å². The fourth-order valence-electron chi connectivity index (χ4n) is 1.75. The van der Waals surface area contributed by atoms with E-state index in [4.69, 9.17) is 4.74 Å². The molecule has 0 radical (unpaired) electrons. The maximum atomic E-state index is 11.7. The smallest absolute Gasteiger partial charge is 0.407 e. The predicted molar refractivity (Wildman–Crippen MR) is 88.7 cm³/mol. The van der Waals surface area contributed by atoms with E-state index in [-0.39, 0.29) is 11.8 Å². The number of rotatable bonds is 8. The summed E-state index contributed by atoms with van der Waals surface area (Å²) in [5, 5.41) is 5.97. The minimum Gasteiger partial charge on any atom is -0.444 e. The number of alkyl carbamates (subject to hydrolysis) is 1. The first-order valence-electron chi connectivity index (χ1n) is 7.98. The maximum absolute atomic E-state index is 11.7. The summed E-state index contributed by atoms with van der Waals surface area (Å²) < 4.78 is 5.23. The van der Waals surface area contributed by atoms with Gasteiger partial charge in [-0.2, -0.15) is 0 Å². The molecule has 0 saturated heterocycles. The molecule has 0 aliphatic heterocycles. The minimum atomic E-state index is -0.493.